The Labute approximate surface area is 112 Å². The Morgan fingerprint density at radius 2 is 2.26 bits per heavy atom. The van der Waals surface area contributed by atoms with Crippen LogP contribution in [0.4, 0.5) is 0 Å². The Morgan fingerprint density at radius 1 is 1.47 bits per heavy atom. The maximum Gasteiger partial charge on any atom is 0.337 e. The number of sulfonamides is 1. The number of carbonyl (C=O) groups is 1. The van der Waals surface area contributed by atoms with Gasteiger partial charge in [-0.1, -0.05) is 6.07 Å². The van der Waals surface area contributed by atoms with Gasteiger partial charge in [0.2, 0.25) is 10.0 Å². The number of rotatable bonds is 4. The van der Waals surface area contributed by atoms with Crippen molar-refractivity contribution < 1.29 is 17.9 Å². The average molecular weight is 284 g/mol. The van der Waals surface area contributed by atoms with E-state index < -0.39 is 16.0 Å². The molecule has 1 aromatic rings. The first-order valence-corrected chi connectivity index (χ1v) is 7.42. The van der Waals surface area contributed by atoms with Crippen molar-refractivity contribution in [1.82, 2.24) is 10.0 Å². The Kier molecular flexibility index (Phi) is 4.18. The lowest BCUT2D eigenvalue weighted by molar-refractivity contribution is 0.0600. The molecular weight excluding hydrogens is 268 g/mol. The van der Waals surface area contributed by atoms with E-state index in [2.05, 4.69) is 14.8 Å². The van der Waals surface area contributed by atoms with Gasteiger partial charge in [0.1, 0.15) is 0 Å². The molecule has 0 spiro atoms. The van der Waals surface area contributed by atoms with Crippen molar-refractivity contribution in [2.45, 2.75) is 17.4 Å². The topological polar surface area (TPSA) is 84.5 Å². The lowest BCUT2D eigenvalue weighted by Crippen LogP contribution is -2.36. The van der Waals surface area contributed by atoms with Crippen LogP contribution in [0.3, 0.4) is 0 Å². The molecule has 2 N–H and O–H groups in total. The third-order valence-electron chi connectivity index (χ3n) is 2.95. The van der Waals surface area contributed by atoms with Crippen LogP contribution in [0.25, 0.3) is 0 Å². The van der Waals surface area contributed by atoms with Crippen molar-refractivity contribution in [3.05, 3.63) is 29.8 Å². The number of esters is 1. The minimum Gasteiger partial charge on any atom is -0.465 e. The van der Waals surface area contributed by atoms with Crippen LogP contribution in [-0.4, -0.2) is 40.6 Å². The molecule has 0 saturated carbocycles. The maximum atomic E-state index is 12.2. The molecule has 1 aliphatic heterocycles. The number of methoxy groups -OCH3 is 1. The van der Waals surface area contributed by atoms with Crippen LogP contribution in [-0.2, 0) is 14.8 Å². The van der Waals surface area contributed by atoms with E-state index in [9.17, 15) is 13.2 Å². The van der Waals surface area contributed by atoms with Gasteiger partial charge >= 0.3 is 5.97 Å². The second kappa shape index (κ2) is 5.68. The summed E-state index contributed by atoms with van der Waals surface area (Å²) in [6.45, 7) is 1.42. The van der Waals surface area contributed by atoms with Gasteiger partial charge in [-0.25, -0.2) is 17.9 Å². The maximum absolute atomic E-state index is 12.2. The smallest absolute Gasteiger partial charge is 0.337 e. The van der Waals surface area contributed by atoms with Crippen molar-refractivity contribution in [2.24, 2.45) is 0 Å². The van der Waals surface area contributed by atoms with Gasteiger partial charge in [0.15, 0.2) is 0 Å². The van der Waals surface area contributed by atoms with Gasteiger partial charge < -0.3 is 10.1 Å². The van der Waals surface area contributed by atoms with Crippen LogP contribution in [0.2, 0.25) is 0 Å². The fourth-order valence-corrected chi connectivity index (χ4v) is 3.27. The monoisotopic (exact) mass is 284 g/mol. The largest absolute Gasteiger partial charge is 0.465 e. The minimum atomic E-state index is -3.61. The van der Waals surface area contributed by atoms with Gasteiger partial charge in [-0.2, -0.15) is 0 Å². The Bertz CT molecular complexity index is 565. The summed E-state index contributed by atoms with van der Waals surface area (Å²) in [7, 11) is -2.35. The summed E-state index contributed by atoms with van der Waals surface area (Å²) in [4.78, 5) is 11.5. The summed E-state index contributed by atoms with van der Waals surface area (Å²) in [5, 5.41) is 3.08. The molecular formula is C12H16N2O4S. The standard InChI is InChI=1S/C12H16N2O4S/c1-18-12(15)9-3-2-4-11(7-9)19(16,17)14-10-5-6-13-8-10/h2-4,7,10,13-14H,5-6,8H2,1H3/t10-/m0/s1. The van der Waals surface area contributed by atoms with Crippen LogP contribution in [0.15, 0.2) is 29.2 Å². The summed E-state index contributed by atoms with van der Waals surface area (Å²) < 4.78 is 31.5. The first-order chi connectivity index (χ1) is 9.03. The SMILES string of the molecule is COC(=O)c1cccc(S(=O)(=O)N[C@H]2CCNC2)c1. The van der Waals surface area contributed by atoms with Crippen molar-refractivity contribution in [1.29, 1.82) is 0 Å². The van der Waals surface area contributed by atoms with Crippen molar-refractivity contribution in [3.63, 3.8) is 0 Å². The van der Waals surface area contributed by atoms with Gasteiger partial charge in [0.25, 0.3) is 0 Å². The van der Waals surface area contributed by atoms with Gasteiger partial charge in [0, 0.05) is 12.6 Å². The van der Waals surface area contributed by atoms with E-state index in [1.807, 2.05) is 0 Å². The van der Waals surface area contributed by atoms with Crippen molar-refractivity contribution >= 4 is 16.0 Å². The molecule has 0 bridgehead atoms. The first kappa shape index (κ1) is 14.0. The second-order valence-corrected chi connectivity index (χ2v) is 6.04. The number of ether oxygens (including phenoxy) is 1. The zero-order valence-electron chi connectivity index (χ0n) is 10.5. The lowest BCUT2D eigenvalue weighted by Gasteiger charge is -2.12. The van der Waals surface area contributed by atoms with E-state index in [0.717, 1.165) is 13.0 Å². The summed E-state index contributed by atoms with van der Waals surface area (Å²) in [6, 6.07) is 5.70. The highest BCUT2D eigenvalue weighted by molar-refractivity contribution is 7.89. The van der Waals surface area contributed by atoms with Gasteiger partial charge in [0.05, 0.1) is 17.6 Å². The predicted molar refractivity (Wildman–Crippen MR) is 69.4 cm³/mol. The average Bonchev–Trinajstić information content (AvgIpc) is 2.90. The summed E-state index contributed by atoms with van der Waals surface area (Å²) in [6.07, 6.45) is 0.760. The van der Waals surface area contributed by atoms with Gasteiger partial charge in [-0.15, -0.1) is 0 Å². The third-order valence-corrected chi connectivity index (χ3v) is 4.47. The van der Waals surface area contributed by atoms with Crippen molar-refractivity contribution in [3.8, 4) is 0 Å². The molecule has 1 heterocycles. The zero-order chi connectivity index (χ0) is 13.9. The molecule has 7 heteroatoms. The number of benzene rings is 1. The van der Waals surface area contributed by atoms with Crippen LogP contribution in [0, 0.1) is 0 Å². The molecule has 1 fully saturated rings. The predicted octanol–water partition coefficient (Wildman–Crippen LogP) is 0.113. The highest BCUT2D eigenvalue weighted by atomic mass is 32.2. The third kappa shape index (κ3) is 3.31. The molecule has 2 rings (SSSR count). The van der Waals surface area contributed by atoms with E-state index in [1.165, 1.54) is 31.4 Å². The molecule has 1 aromatic carbocycles. The Morgan fingerprint density at radius 3 is 2.89 bits per heavy atom. The van der Waals surface area contributed by atoms with Crippen LogP contribution in [0.5, 0.6) is 0 Å². The zero-order valence-corrected chi connectivity index (χ0v) is 11.4. The molecule has 104 valence electrons. The Hall–Kier alpha value is -1.44. The molecule has 1 aliphatic rings. The molecule has 0 amide bonds. The molecule has 0 aromatic heterocycles. The summed E-state index contributed by atoms with van der Waals surface area (Å²) >= 11 is 0. The summed E-state index contributed by atoms with van der Waals surface area (Å²) in [5.74, 6) is -0.556. The van der Waals surface area contributed by atoms with E-state index in [4.69, 9.17) is 0 Å². The van der Waals surface area contributed by atoms with Gasteiger partial charge in [-0.3, -0.25) is 0 Å². The minimum absolute atomic E-state index is 0.0716. The van der Waals surface area contributed by atoms with E-state index >= 15 is 0 Å². The number of carbonyl (C=O) groups excluding carboxylic acids is 1. The van der Waals surface area contributed by atoms with Crippen LogP contribution in [0.1, 0.15) is 16.8 Å². The fourth-order valence-electron chi connectivity index (χ4n) is 1.95. The van der Waals surface area contributed by atoms with Gasteiger partial charge in [-0.05, 0) is 31.2 Å². The van der Waals surface area contributed by atoms with Crippen LogP contribution >= 0.6 is 0 Å². The molecule has 6 nitrogen and oxygen atoms in total. The molecule has 1 atom stereocenters. The van der Waals surface area contributed by atoms with E-state index in [-0.39, 0.29) is 16.5 Å². The van der Waals surface area contributed by atoms with Crippen LogP contribution < -0.4 is 10.0 Å². The molecule has 0 radical (unpaired) electrons. The number of hydrogen-bond donors (Lipinski definition) is 2. The van der Waals surface area contributed by atoms with E-state index in [0.29, 0.717) is 6.54 Å². The molecule has 1 saturated heterocycles. The lowest BCUT2D eigenvalue weighted by atomic mass is 10.2. The quantitative estimate of drug-likeness (QED) is 0.767. The normalized spacial score (nSPS) is 19.3. The summed E-state index contributed by atoms with van der Waals surface area (Å²) in [5.41, 5.74) is 0.218. The molecule has 19 heavy (non-hydrogen) atoms. The first-order valence-electron chi connectivity index (χ1n) is 5.94. The number of nitrogens with one attached hydrogen (secondary N) is 2. The second-order valence-electron chi connectivity index (χ2n) is 4.33. The highest BCUT2D eigenvalue weighted by Crippen LogP contribution is 2.14. The molecule has 0 aliphatic carbocycles. The van der Waals surface area contributed by atoms with Crippen molar-refractivity contribution in [2.75, 3.05) is 20.2 Å². The molecule has 0 unspecified atom stereocenters. The Balaban J connectivity index is 2.22. The van der Waals surface area contributed by atoms with E-state index in [1.54, 1.807) is 0 Å². The highest BCUT2D eigenvalue weighted by Gasteiger charge is 2.23. The number of hydrogen-bond acceptors (Lipinski definition) is 5. The fraction of sp³-hybridized carbons (Fsp3) is 0.417.